The highest BCUT2D eigenvalue weighted by Gasteiger charge is 2.24. The highest BCUT2D eigenvalue weighted by atomic mass is 79.9. The molecule has 0 aliphatic heterocycles. The molecule has 0 aromatic heterocycles. The van der Waals surface area contributed by atoms with Crippen LogP contribution >= 0.6 is 15.9 Å². The number of carbonyl (C=O) groups is 1. The molecule has 1 aromatic carbocycles. The van der Waals surface area contributed by atoms with Crippen molar-refractivity contribution < 1.29 is 9.53 Å². The number of hydrogen-bond acceptors (Lipinski definition) is 2. The Morgan fingerprint density at radius 2 is 1.90 bits per heavy atom. The summed E-state index contributed by atoms with van der Waals surface area (Å²) in [6.07, 6.45) is 5.10. The zero-order valence-electron chi connectivity index (χ0n) is 12.6. The van der Waals surface area contributed by atoms with Crippen LogP contribution in [-0.2, 0) is 0 Å². The van der Waals surface area contributed by atoms with E-state index >= 15 is 0 Å². The molecule has 1 N–H and O–H groups in total. The molecule has 116 valence electrons. The second kappa shape index (κ2) is 8.42. The van der Waals surface area contributed by atoms with Gasteiger partial charge in [0.1, 0.15) is 5.75 Å². The molecule has 21 heavy (non-hydrogen) atoms. The zero-order chi connectivity index (χ0) is 15.1. The van der Waals surface area contributed by atoms with Crippen LogP contribution in [0.1, 0.15) is 43.0 Å². The molecule has 0 spiro atoms. The van der Waals surface area contributed by atoms with E-state index in [1.54, 1.807) is 0 Å². The number of halogens is 1. The zero-order valence-corrected chi connectivity index (χ0v) is 14.2. The molecule has 1 aliphatic rings. The predicted octanol–water partition coefficient (Wildman–Crippen LogP) is 4.02. The standard InChI is InChI=1S/C17H24BrNO2/c1-2-21-16-9-7-13(8-10-16)17(20)19-12-15-6-4-3-5-14(15)11-18/h7-10,14-15H,2-6,11-12H2,1H3,(H,19,20). The molecule has 2 rings (SSSR count). The molecule has 1 saturated carbocycles. The maximum atomic E-state index is 12.2. The predicted molar refractivity (Wildman–Crippen MR) is 89.2 cm³/mol. The summed E-state index contributed by atoms with van der Waals surface area (Å²) in [5.41, 5.74) is 0.699. The second-order valence-electron chi connectivity index (χ2n) is 5.63. The first-order chi connectivity index (χ1) is 10.2. The van der Waals surface area contributed by atoms with E-state index in [-0.39, 0.29) is 5.91 Å². The van der Waals surface area contributed by atoms with Gasteiger partial charge in [-0.15, -0.1) is 0 Å². The molecule has 0 bridgehead atoms. The van der Waals surface area contributed by atoms with E-state index in [1.165, 1.54) is 25.7 Å². The lowest BCUT2D eigenvalue weighted by atomic mass is 9.80. The van der Waals surface area contributed by atoms with Gasteiger partial charge < -0.3 is 10.1 Å². The van der Waals surface area contributed by atoms with E-state index in [1.807, 2.05) is 31.2 Å². The van der Waals surface area contributed by atoms with Crippen LogP contribution in [0.4, 0.5) is 0 Å². The van der Waals surface area contributed by atoms with Crippen LogP contribution in [0.2, 0.25) is 0 Å². The van der Waals surface area contributed by atoms with Gasteiger partial charge in [0.05, 0.1) is 6.61 Å². The van der Waals surface area contributed by atoms with E-state index < -0.39 is 0 Å². The van der Waals surface area contributed by atoms with Crippen LogP contribution in [0, 0.1) is 11.8 Å². The maximum absolute atomic E-state index is 12.2. The maximum Gasteiger partial charge on any atom is 0.251 e. The summed E-state index contributed by atoms with van der Waals surface area (Å²) in [6, 6.07) is 7.34. The number of alkyl halides is 1. The van der Waals surface area contributed by atoms with Crippen molar-refractivity contribution in [2.45, 2.75) is 32.6 Å². The average molecular weight is 354 g/mol. The first-order valence-corrected chi connectivity index (χ1v) is 8.93. The Labute approximate surface area is 135 Å². The molecule has 3 nitrogen and oxygen atoms in total. The summed E-state index contributed by atoms with van der Waals surface area (Å²) in [7, 11) is 0. The van der Waals surface area contributed by atoms with Gasteiger partial charge in [-0.1, -0.05) is 28.8 Å². The molecule has 0 saturated heterocycles. The Balaban J connectivity index is 1.85. The third-order valence-electron chi connectivity index (χ3n) is 4.22. The Bertz CT molecular complexity index is 447. The number of hydrogen-bond donors (Lipinski definition) is 1. The first-order valence-electron chi connectivity index (χ1n) is 7.81. The number of rotatable bonds is 6. The van der Waals surface area contributed by atoms with Gasteiger partial charge in [0.15, 0.2) is 0 Å². The minimum Gasteiger partial charge on any atom is -0.494 e. The van der Waals surface area contributed by atoms with Crippen LogP contribution in [0.15, 0.2) is 24.3 Å². The largest absolute Gasteiger partial charge is 0.494 e. The Morgan fingerprint density at radius 1 is 1.24 bits per heavy atom. The minimum absolute atomic E-state index is 0.0111. The van der Waals surface area contributed by atoms with Crippen LogP contribution in [0.25, 0.3) is 0 Å². The quantitative estimate of drug-likeness (QED) is 0.784. The number of nitrogens with one attached hydrogen (secondary N) is 1. The molecule has 1 aliphatic carbocycles. The van der Waals surface area contributed by atoms with Gasteiger partial charge in [-0.3, -0.25) is 4.79 Å². The molecule has 1 aromatic rings. The molecule has 1 amide bonds. The summed E-state index contributed by atoms with van der Waals surface area (Å²) in [6.45, 7) is 3.37. The van der Waals surface area contributed by atoms with E-state index in [9.17, 15) is 4.79 Å². The third-order valence-corrected chi connectivity index (χ3v) is 5.05. The van der Waals surface area contributed by atoms with Crippen molar-refractivity contribution in [3.8, 4) is 5.75 Å². The molecule has 0 heterocycles. The molecular formula is C17H24BrNO2. The Kier molecular flexibility index (Phi) is 6.55. The number of ether oxygens (including phenoxy) is 1. The van der Waals surface area contributed by atoms with E-state index in [4.69, 9.17) is 4.74 Å². The fraction of sp³-hybridized carbons (Fsp3) is 0.588. The van der Waals surface area contributed by atoms with Crippen molar-refractivity contribution >= 4 is 21.8 Å². The Hall–Kier alpha value is -1.03. The van der Waals surface area contributed by atoms with E-state index in [0.29, 0.717) is 24.0 Å². The molecular weight excluding hydrogens is 330 g/mol. The molecule has 4 heteroatoms. The smallest absolute Gasteiger partial charge is 0.251 e. The minimum atomic E-state index is 0.0111. The van der Waals surface area contributed by atoms with Gasteiger partial charge in [0.2, 0.25) is 0 Å². The van der Waals surface area contributed by atoms with Gasteiger partial charge in [0.25, 0.3) is 5.91 Å². The van der Waals surface area contributed by atoms with Gasteiger partial charge in [0, 0.05) is 17.4 Å². The van der Waals surface area contributed by atoms with Crippen molar-refractivity contribution in [3.63, 3.8) is 0 Å². The van der Waals surface area contributed by atoms with Crippen molar-refractivity contribution in [2.24, 2.45) is 11.8 Å². The van der Waals surface area contributed by atoms with Crippen molar-refractivity contribution in [2.75, 3.05) is 18.5 Å². The number of amides is 1. The van der Waals surface area contributed by atoms with E-state index in [2.05, 4.69) is 21.2 Å². The normalized spacial score (nSPS) is 21.8. The van der Waals surface area contributed by atoms with Gasteiger partial charge >= 0.3 is 0 Å². The highest BCUT2D eigenvalue weighted by Crippen LogP contribution is 2.30. The van der Waals surface area contributed by atoms with Crippen LogP contribution in [-0.4, -0.2) is 24.4 Å². The van der Waals surface area contributed by atoms with Crippen LogP contribution < -0.4 is 10.1 Å². The van der Waals surface area contributed by atoms with Gasteiger partial charge in [-0.25, -0.2) is 0 Å². The molecule has 0 radical (unpaired) electrons. The van der Waals surface area contributed by atoms with Crippen molar-refractivity contribution in [1.29, 1.82) is 0 Å². The van der Waals surface area contributed by atoms with Gasteiger partial charge in [-0.05, 0) is 55.9 Å². The first kappa shape index (κ1) is 16.3. The SMILES string of the molecule is CCOc1ccc(C(=O)NCC2CCCCC2CBr)cc1. The number of benzene rings is 1. The lowest BCUT2D eigenvalue weighted by Crippen LogP contribution is -2.34. The Morgan fingerprint density at radius 3 is 2.52 bits per heavy atom. The second-order valence-corrected chi connectivity index (χ2v) is 6.27. The van der Waals surface area contributed by atoms with Crippen molar-refractivity contribution in [1.82, 2.24) is 5.32 Å². The summed E-state index contributed by atoms with van der Waals surface area (Å²) in [5, 5.41) is 4.12. The molecule has 2 unspecified atom stereocenters. The van der Waals surface area contributed by atoms with Crippen LogP contribution in [0.5, 0.6) is 5.75 Å². The topological polar surface area (TPSA) is 38.3 Å². The average Bonchev–Trinajstić information content (AvgIpc) is 2.54. The monoisotopic (exact) mass is 353 g/mol. The van der Waals surface area contributed by atoms with Gasteiger partial charge in [-0.2, -0.15) is 0 Å². The summed E-state index contributed by atoms with van der Waals surface area (Å²) in [4.78, 5) is 12.2. The highest BCUT2D eigenvalue weighted by molar-refractivity contribution is 9.09. The lowest BCUT2D eigenvalue weighted by molar-refractivity contribution is 0.0937. The number of carbonyl (C=O) groups excluding carboxylic acids is 1. The summed E-state index contributed by atoms with van der Waals surface area (Å²) < 4.78 is 5.39. The molecule has 1 fully saturated rings. The fourth-order valence-electron chi connectivity index (χ4n) is 2.95. The fourth-order valence-corrected chi connectivity index (χ4v) is 3.80. The molecule has 2 atom stereocenters. The third kappa shape index (κ3) is 4.73. The van der Waals surface area contributed by atoms with E-state index in [0.717, 1.165) is 17.6 Å². The summed E-state index contributed by atoms with van der Waals surface area (Å²) >= 11 is 3.60. The van der Waals surface area contributed by atoms with Crippen molar-refractivity contribution in [3.05, 3.63) is 29.8 Å². The lowest BCUT2D eigenvalue weighted by Gasteiger charge is -2.30. The summed E-state index contributed by atoms with van der Waals surface area (Å²) in [5.74, 6) is 2.11. The van der Waals surface area contributed by atoms with Crippen LogP contribution in [0.3, 0.4) is 0 Å².